The number of rotatable bonds is 5. The average molecular weight is 435 g/mol. The molecule has 0 unspecified atom stereocenters. The van der Waals surface area contributed by atoms with Crippen LogP contribution in [0, 0.1) is 0 Å². The normalized spacial score (nSPS) is 11.7. The molecule has 0 fully saturated rings. The predicted octanol–water partition coefficient (Wildman–Crippen LogP) is 4.88. The smallest absolute Gasteiger partial charge is 0.135 e. The standard InChI is InChI=1S/C25H21N7O/c1-32(2)13-15-7-17(10-26-9-15)20-3-4-21-24(29-20)25(31-30-21)22-8-18-19(16-5-6-33-14-16)11-27-12-23(18)28-22/h3-12,14,28H,13H2,1-2H3,(H,30,31). The first-order valence-electron chi connectivity index (χ1n) is 10.6. The van der Waals surface area contributed by atoms with Crippen molar-refractivity contribution in [2.75, 3.05) is 14.1 Å². The summed E-state index contributed by atoms with van der Waals surface area (Å²) in [7, 11) is 4.09. The van der Waals surface area contributed by atoms with Crippen LogP contribution in [0.5, 0.6) is 0 Å². The van der Waals surface area contributed by atoms with Gasteiger partial charge in [-0.2, -0.15) is 5.10 Å². The maximum Gasteiger partial charge on any atom is 0.135 e. The fraction of sp³-hybridized carbons (Fsp3) is 0.120. The Labute approximate surface area is 189 Å². The van der Waals surface area contributed by atoms with E-state index in [1.54, 1.807) is 12.5 Å². The van der Waals surface area contributed by atoms with E-state index in [1.807, 2.05) is 57.1 Å². The zero-order valence-electron chi connectivity index (χ0n) is 18.2. The van der Waals surface area contributed by atoms with Crippen molar-refractivity contribution in [2.24, 2.45) is 0 Å². The molecule has 8 nitrogen and oxygen atoms in total. The number of H-pyrrole nitrogens is 2. The molecule has 0 spiro atoms. The van der Waals surface area contributed by atoms with Crippen molar-refractivity contribution < 1.29 is 4.42 Å². The van der Waals surface area contributed by atoms with E-state index < -0.39 is 0 Å². The summed E-state index contributed by atoms with van der Waals surface area (Å²) in [6, 6.07) is 10.1. The molecule has 0 radical (unpaired) electrons. The molecule has 0 saturated carbocycles. The monoisotopic (exact) mass is 435 g/mol. The van der Waals surface area contributed by atoms with Crippen LogP contribution in [0.1, 0.15) is 5.56 Å². The van der Waals surface area contributed by atoms with Gasteiger partial charge in [-0.05, 0) is 50.0 Å². The van der Waals surface area contributed by atoms with E-state index in [9.17, 15) is 0 Å². The van der Waals surface area contributed by atoms with Gasteiger partial charge in [0.15, 0.2) is 0 Å². The lowest BCUT2D eigenvalue weighted by atomic mass is 10.1. The molecule has 0 bridgehead atoms. The molecule has 0 aromatic carbocycles. The molecule has 162 valence electrons. The highest BCUT2D eigenvalue weighted by Gasteiger charge is 2.16. The number of hydrogen-bond acceptors (Lipinski definition) is 6. The Morgan fingerprint density at radius 1 is 0.939 bits per heavy atom. The Morgan fingerprint density at radius 2 is 1.85 bits per heavy atom. The highest BCUT2D eigenvalue weighted by molar-refractivity contribution is 5.99. The van der Waals surface area contributed by atoms with Gasteiger partial charge in [0.2, 0.25) is 0 Å². The maximum absolute atomic E-state index is 5.27. The zero-order chi connectivity index (χ0) is 22.4. The molecule has 6 rings (SSSR count). The number of nitrogens with zero attached hydrogens (tertiary/aromatic N) is 5. The SMILES string of the molecule is CN(C)Cc1cncc(-c2ccc3[nH]nc(-c4cc5c(-c6ccoc6)cncc5[nH]4)c3n2)c1. The molecule has 6 heterocycles. The Kier molecular flexibility index (Phi) is 4.51. The highest BCUT2D eigenvalue weighted by Crippen LogP contribution is 2.33. The molecule has 0 atom stereocenters. The summed E-state index contributed by atoms with van der Waals surface area (Å²) in [6.07, 6.45) is 10.8. The zero-order valence-corrected chi connectivity index (χ0v) is 18.2. The third-order valence-corrected chi connectivity index (χ3v) is 5.63. The molecule has 6 aromatic rings. The van der Waals surface area contributed by atoms with Gasteiger partial charge in [0.25, 0.3) is 0 Å². The molecule has 33 heavy (non-hydrogen) atoms. The van der Waals surface area contributed by atoms with Gasteiger partial charge in [-0.3, -0.25) is 15.1 Å². The fourth-order valence-corrected chi connectivity index (χ4v) is 4.15. The van der Waals surface area contributed by atoms with Crippen LogP contribution < -0.4 is 0 Å². The van der Waals surface area contributed by atoms with Gasteiger partial charge in [0.1, 0.15) is 11.2 Å². The van der Waals surface area contributed by atoms with Gasteiger partial charge >= 0.3 is 0 Å². The second-order valence-corrected chi connectivity index (χ2v) is 8.33. The molecule has 0 saturated heterocycles. The van der Waals surface area contributed by atoms with E-state index in [-0.39, 0.29) is 0 Å². The summed E-state index contributed by atoms with van der Waals surface area (Å²) >= 11 is 0. The first-order valence-corrected chi connectivity index (χ1v) is 10.6. The Hall–Kier alpha value is -4.30. The van der Waals surface area contributed by atoms with Crippen LogP contribution in [-0.2, 0) is 6.54 Å². The van der Waals surface area contributed by atoms with Gasteiger partial charge < -0.3 is 14.3 Å². The summed E-state index contributed by atoms with van der Waals surface area (Å²) in [4.78, 5) is 19.3. The van der Waals surface area contributed by atoms with E-state index in [0.29, 0.717) is 0 Å². The molecular weight excluding hydrogens is 414 g/mol. The fourth-order valence-electron chi connectivity index (χ4n) is 4.15. The molecule has 2 N–H and O–H groups in total. The molecule has 0 amide bonds. The minimum Gasteiger partial charge on any atom is -0.472 e. The number of hydrogen-bond donors (Lipinski definition) is 2. The van der Waals surface area contributed by atoms with Crippen molar-refractivity contribution in [3.63, 3.8) is 0 Å². The third kappa shape index (κ3) is 3.46. The number of nitrogens with one attached hydrogen (secondary N) is 2. The van der Waals surface area contributed by atoms with E-state index in [4.69, 9.17) is 9.40 Å². The number of furan rings is 1. The van der Waals surface area contributed by atoms with Gasteiger partial charge in [0.05, 0.1) is 41.1 Å². The van der Waals surface area contributed by atoms with Gasteiger partial charge in [-0.25, -0.2) is 4.98 Å². The minimum atomic E-state index is 0.763. The van der Waals surface area contributed by atoms with Crippen molar-refractivity contribution in [1.29, 1.82) is 0 Å². The predicted molar refractivity (Wildman–Crippen MR) is 127 cm³/mol. The van der Waals surface area contributed by atoms with Gasteiger partial charge in [-0.15, -0.1) is 0 Å². The molecule has 0 aliphatic rings. The van der Waals surface area contributed by atoms with Crippen LogP contribution >= 0.6 is 0 Å². The number of pyridine rings is 3. The van der Waals surface area contributed by atoms with Crippen LogP contribution in [0.25, 0.3) is 55.7 Å². The van der Waals surface area contributed by atoms with E-state index in [0.717, 1.165) is 67.8 Å². The van der Waals surface area contributed by atoms with Crippen LogP contribution in [0.3, 0.4) is 0 Å². The van der Waals surface area contributed by atoms with Crippen LogP contribution in [-0.4, -0.2) is 49.1 Å². The lowest BCUT2D eigenvalue weighted by molar-refractivity contribution is 0.402. The molecule has 0 aliphatic heterocycles. The number of aromatic nitrogens is 6. The lowest BCUT2D eigenvalue weighted by Gasteiger charge is -2.10. The van der Waals surface area contributed by atoms with Crippen molar-refractivity contribution in [1.82, 2.24) is 35.0 Å². The number of aromatic amines is 2. The van der Waals surface area contributed by atoms with Gasteiger partial charge in [-0.1, -0.05) is 0 Å². The lowest BCUT2D eigenvalue weighted by Crippen LogP contribution is -2.10. The largest absolute Gasteiger partial charge is 0.472 e. The van der Waals surface area contributed by atoms with E-state index in [2.05, 4.69) is 42.2 Å². The Morgan fingerprint density at radius 3 is 2.70 bits per heavy atom. The van der Waals surface area contributed by atoms with E-state index >= 15 is 0 Å². The topological polar surface area (TPSA) is 99.5 Å². The highest BCUT2D eigenvalue weighted by atomic mass is 16.3. The number of fused-ring (bicyclic) bond motifs is 2. The van der Waals surface area contributed by atoms with Crippen molar-refractivity contribution in [3.05, 3.63) is 73.2 Å². The molecular formula is C25H21N7O. The third-order valence-electron chi connectivity index (χ3n) is 5.63. The average Bonchev–Trinajstić information content (AvgIpc) is 3.57. The quantitative estimate of drug-likeness (QED) is 0.400. The summed E-state index contributed by atoms with van der Waals surface area (Å²) in [6.45, 7) is 0.822. The summed E-state index contributed by atoms with van der Waals surface area (Å²) < 4.78 is 5.27. The van der Waals surface area contributed by atoms with Crippen LogP contribution in [0.15, 0.2) is 72.1 Å². The second kappa shape index (κ2) is 7.68. The molecule has 0 aliphatic carbocycles. The van der Waals surface area contributed by atoms with E-state index in [1.165, 1.54) is 0 Å². The van der Waals surface area contributed by atoms with Crippen LogP contribution in [0.4, 0.5) is 0 Å². The Bertz CT molecular complexity index is 1580. The van der Waals surface area contributed by atoms with Crippen LogP contribution in [0.2, 0.25) is 0 Å². The summed E-state index contributed by atoms with van der Waals surface area (Å²) in [5.41, 5.74) is 9.20. The van der Waals surface area contributed by atoms with Crippen molar-refractivity contribution in [3.8, 4) is 33.8 Å². The molecule has 8 heteroatoms. The van der Waals surface area contributed by atoms with Crippen molar-refractivity contribution >= 4 is 21.9 Å². The molecule has 6 aromatic heterocycles. The maximum atomic E-state index is 5.27. The first kappa shape index (κ1) is 19.4. The Balaban J connectivity index is 1.45. The first-order chi connectivity index (χ1) is 16.2. The summed E-state index contributed by atoms with van der Waals surface area (Å²) in [5, 5.41) is 8.72. The van der Waals surface area contributed by atoms with Crippen molar-refractivity contribution in [2.45, 2.75) is 6.54 Å². The summed E-state index contributed by atoms with van der Waals surface area (Å²) in [5.74, 6) is 0. The van der Waals surface area contributed by atoms with Gasteiger partial charge in [0, 0.05) is 47.2 Å². The minimum absolute atomic E-state index is 0.763. The second-order valence-electron chi connectivity index (χ2n) is 8.33.